The Labute approximate surface area is 160 Å². The summed E-state index contributed by atoms with van der Waals surface area (Å²) in [5, 5.41) is 2.67. The average molecular weight is 395 g/mol. The quantitative estimate of drug-likeness (QED) is 0.774. The molecule has 0 spiro atoms. The average Bonchev–Trinajstić information content (AvgIpc) is 2.66. The van der Waals surface area contributed by atoms with Crippen molar-refractivity contribution >= 4 is 6.03 Å². The number of aryl methyl sites for hydroxylation is 1. The van der Waals surface area contributed by atoms with Crippen molar-refractivity contribution in [3.8, 4) is 0 Å². The Hall–Kier alpha value is -2.64. The number of carbonyl (C=O) groups excluding carboxylic acids is 1. The first-order valence-corrected chi connectivity index (χ1v) is 8.99. The maximum absolute atomic E-state index is 15.3. The van der Waals surface area contributed by atoms with E-state index in [4.69, 9.17) is 0 Å². The Kier molecular flexibility index (Phi) is 5.58. The first-order valence-electron chi connectivity index (χ1n) is 8.99. The number of amides is 2. The van der Waals surface area contributed by atoms with Crippen LogP contribution in [0.15, 0.2) is 42.6 Å². The number of benzene rings is 1. The normalized spacial score (nSPS) is 16.7. The van der Waals surface area contributed by atoms with Gasteiger partial charge in [0.15, 0.2) is 5.67 Å². The second-order valence-electron chi connectivity index (χ2n) is 6.97. The zero-order valence-corrected chi connectivity index (χ0v) is 15.4. The van der Waals surface area contributed by atoms with Crippen LogP contribution >= 0.6 is 0 Å². The molecule has 1 saturated heterocycles. The summed E-state index contributed by atoms with van der Waals surface area (Å²) in [4.78, 5) is 18.0. The number of halogens is 4. The lowest BCUT2D eigenvalue weighted by Crippen LogP contribution is -2.47. The number of carbonyl (C=O) groups is 1. The van der Waals surface area contributed by atoms with E-state index in [1.807, 2.05) is 13.0 Å². The van der Waals surface area contributed by atoms with Gasteiger partial charge in [-0.15, -0.1) is 0 Å². The summed E-state index contributed by atoms with van der Waals surface area (Å²) >= 11 is 0. The molecule has 0 atom stereocenters. The van der Waals surface area contributed by atoms with Crippen LogP contribution < -0.4 is 5.32 Å². The molecule has 1 aliphatic rings. The van der Waals surface area contributed by atoms with Gasteiger partial charge in [0.05, 0.1) is 11.3 Å². The molecule has 2 heterocycles. The minimum Gasteiger partial charge on any atom is -0.334 e. The predicted molar refractivity (Wildman–Crippen MR) is 96.2 cm³/mol. The van der Waals surface area contributed by atoms with Crippen LogP contribution in [0.3, 0.4) is 0 Å². The Bertz CT molecular complexity index is 828. The Morgan fingerprint density at radius 3 is 2.39 bits per heavy atom. The van der Waals surface area contributed by atoms with Gasteiger partial charge < -0.3 is 10.2 Å². The van der Waals surface area contributed by atoms with Crippen molar-refractivity contribution in [2.45, 2.75) is 38.2 Å². The number of nitrogens with zero attached hydrogens (tertiary/aromatic N) is 2. The van der Waals surface area contributed by atoms with E-state index in [9.17, 15) is 18.0 Å². The zero-order valence-electron chi connectivity index (χ0n) is 15.4. The van der Waals surface area contributed by atoms with Crippen molar-refractivity contribution in [3.05, 3.63) is 65.0 Å². The minimum absolute atomic E-state index is 0.105. The molecule has 1 aromatic carbocycles. The van der Waals surface area contributed by atoms with E-state index in [2.05, 4.69) is 10.3 Å². The van der Waals surface area contributed by atoms with Crippen LogP contribution in [0.4, 0.5) is 22.4 Å². The number of rotatable bonds is 3. The van der Waals surface area contributed by atoms with Crippen LogP contribution in [0, 0.1) is 6.92 Å². The Morgan fingerprint density at radius 1 is 1.18 bits per heavy atom. The molecular formula is C20H21F4N3O. The number of likely N-dealkylation sites (tertiary alicyclic amines) is 1. The molecule has 0 saturated carbocycles. The highest BCUT2D eigenvalue weighted by atomic mass is 19.4. The predicted octanol–water partition coefficient (Wildman–Crippen LogP) is 4.58. The number of urea groups is 1. The van der Waals surface area contributed by atoms with Crippen LogP contribution in [0.2, 0.25) is 0 Å². The fraction of sp³-hybridized carbons (Fsp3) is 0.400. The van der Waals surface area contributed by atoms with Gasteiger partial charge in [-0.3, -0.25) is 4.98 Å². The molecule has 28 heavy (non-hydrogen) atoms. The lowest BCUT2D eigenvalue weighted by molar-refractivity contribution is -0.137. The number of hydrogen-bond acceptors (Lipinski definition) is 2. The van der Waals surface area contributed by atoms with Crippen LogP contribution in [0.5, 0.6) is 0 Å². The van der Waals surface area contributed by atoms with E-state index in [-0.39, 0.29) is 38.5 Å². The van der Waals surface area contributed by atoms with E-state index in [1.54, 1.807) is 12.3 Å². The molecule has 1 aliphatic heterocycles. The van der Waals surface area contributed by atoms with Crippen LogP contribution in [0.1, 0.15) is 35.2 Å². The second kappa shape index (κ2) is 7.77. The molecule has 0 bridgehead atoms. The molecule has 3 rings (SSSR count). The van der Waals surface area contributed by atoms with Crippen LogP contribution in [0.25, 0.3) is 0 Å². The number of hydrogen-bond donors (Lipinski definition) is 1. The smallest absolute Gasteiger partial charge is 0.334 e. The summed E-state index contributed by atoms with van der Waals surface area (Å²) < 4.78 is 53.0. The standard InChI is InChI=1S/C20H21F4N3O/c1-14-3-2-10-25-17(14)19(21)8-11-27(12-9-19)18(28)26-13-15-4-6-16(7-5-15)20(22,23)24/h2-7,10H,8-9,11-13H2,1H3,(H,26,28). The van der Waals surface area contributed by atoms with Gasteiger partial charge in [0.25, 0.3) is 0 Å². The fourth-order valence-electron chi connectivity index (χ4n) is 3.36. The Balaban J connectivity index is 1.54. The third-order valence-electron chi connectivity index (χ3n) is 5.00. The highest BCUT2D eigenvalue weighted by Crippen LogP contribution is 2.37. The van der Waals surface area contributed by atoms with E-state index < -0.39 is 17.4 Å². The van der Waals surface area contributed by atoms with E-state index in [1.165, 1.54) is 17.0 Å². The highest BCUT2D eigenvalue weighted by molar-refractivity contribution is 5.74. The zero-order chi connectivity index (χ0) is 20.4. The summed E-state index contributed by atoms with van der Waals surface area (Å²) in [5.74, 6) is 0. The summed E-state index contributed by atoms with van der Waals surface area (Å²) in [5.41, 5.74) is -0.537. The lowest BCUT2D eigenvalue weighted by Gasteiger charge is -2.36. The molecule has 150 valence electrons. The van der Waals surface area contributed by atoms with Gasteiger partial charge in [-0.1, -0.05) is 18.2 Å². The maximum Gasteiger partial charge on any atom is 0.416 e. The van der Waals surface area contributed by atoms with Gasteiger partial charge in [-0.2, -0.15) is 13.2 Å². The number of piperidine rings is 1. The Morgan fingerprint density at radius 2 is 1.82 bits per heavy atom. The SMILES string of the molecule is Cc1cccnc1C1(F)CCN(C(=O)NCc2ccc(C(F)(F)F)cc2)CC1. The van der Waals surface area contributed by atoms with E-state index >= 15 is 4.39 Å². The van der Waals surface area contributed by atoms with Crippen molar-refractivity contribution in [3.63, 3.8) is 0 Å². The molecule has 0 aliphatic carbocycles. The molecule has 2 amide bonds. The van der Waals surface area contributed by atoms with Gasteiger partial charge in [0.2, 0.25) is 0 Å². The fourth-order valence-corrected chi connectivity index (χ4v) is 3.36. The summed E-state index contributed by atoms with van der Waals surface area (Å²) in [6.45, 7) is 2.40. The van der Waals surface area contributed by atoms with E-state index in [0.29, 0.717) is 11.3 Å². The summed E-state index contributed by atoms with van der Waals surface area (Å²) in [6.07, 6.45) is -2.52. The van der Waals surface area contributed by atoms with Crippen molar-refractivity contribution in [2.24, 2.45) is 0 Å². The minimum atomic E-state index is -4.39. The summed E-state index contributed by atoms with van der Waals surface area (Å²) in [6, 6.07) is 7.83. The molecule has 1 aromatic heterocycles. The molecular weight excluding hydrogens is 374 g/mol. The number of pyridine rings is 1. The number of nitrogens with one attached hydrogen (secondary N) is 1. The monoisotopic (exact) mass is 395 g/mol. The van der Waals surface area contributed by atoms with Gasteiger partial charge in [0, 0.05) is 38.7 Å². The largest absolute Gasteiger partial charge is 0.416 e. The highest BCUT2D eigenvalue weighted by Gasteiger charge is 2.39. The van der Waals surface area contributed by atoms with Gasteiger partial charge >= 0.3 is 12.2 Å². The molecule has 4 nitrogen and oxygen atoms in total. The summed E-state index contributed by atoms with van der Waals surface area (Å²) in [7, 11) is 0. The van der Waals surface area contributed by atoms with Crippen LogP contribution in [-0.4, -0.2) is 29.0 Å². The topological polar surface area (TPSA) is 45.2 Å². The molecule has 1 N–H and O–H groups in total. The number of alkyl halides is 4. The molecule has 1 fully saturated rings. The maximum atomic E-state index is 15.3. The lowest BCUT2D eigenvalue weighted by atomic mass is 9.87. The second-order valence-corrected chi connectivity index (χ2v) is 6.97. The first-order chi connectivity index (χ1) is 13.2. The molecule has 2 aromatic rings. The van der Waals surface area contributed by atoms with Crippen molar-refractivity contribution in [2.75, 3.05) is 13.1 Å². The van der Waals surface area contributed by atoms with Crippen molar-refractivity contribution < 1.29 is 22.4 Å². The first kappa shape index (κ1) is 20.1. The van der Waals surface area contributed by atoms with Gasteiger partial charge in [-0.25, -0.2) is 9.18 Å². The van der Waals surface area contributed by atoms with Crippen LogP contribution in [-0.2, 0) is 18.4 Å². The van der Waals surface area contributed by atoms with Gasteiger partial charge in [0.1, 0.15) is 0 Å². The van der Waals surface area contributed by atoms with Crippen molar-refractivity contribution in [1.29, 1.82) is 0 Å². The molecule has 8 heteroatoms. The third kappa shape index (κ3) is 4.43. The van der Waals surface area contributed by atoms with E-state index in [0.717, 1.165) is 17.7 Å². The molecule has 0 unspecified atom stereocenters. The number of aromatic nitrogens is 1. The van der Waals surface area contributed by atoms with Gasteiger partial charge in [-0.05, 0) is 36.2 Å². The third-order valence-corrected chi connectivity index (χ3v) is 5.00. The van der Waals surface area contributed by atoms with Crippen molar-refractivity contribution in [1.82, 2.24) is 15.2 Å². The molecule has 0 radical (unpaired) electrons.